The molecular weight excluding hydrogens is 240 g/mol. The van der Waals surface area contributed by atoms with E-state index in [1.54, 1.807) is 19.1 Å². The molecule has 92 valence electrons. The molecule has 0 unspecified atom stereocenters. The van der Waals surface area contributed by atoms with Crippen LogP contribution in [-0.2, 0) is 16.0 Å². The Bertz CT molecular complexity index is 390. The number of hydrogen-bond donors (Lipinski definition) is 2. The molecule has 17 heavy (non-hydrogen) atoms. The van der Waals surface area contributed by atoms with Crippen LogP contribution in [0.25, 0.3) is 0 Å². The number of carbonyl (C=O) groups is 2. The van der Waals surface area contributed by atoms with Gasteiger partial charge >= 0.3 is 0 Å². The number of rotatable bonds is 5. The van der Waals surface area contributed by atoms with Crippen LogP contribution in [0.4, 0.5) is 0 Å². The molecule has 0 spiro atoms. The molecule has 4 nitrogen and oxygen atoms in total. The summed E-state index contributed by atoms with van der Waals surface area (Å²) < 4.78 is 0. The van der Waals surface area contributed by atoms with Crippen molar-refractivity contribution >= 4 is 23.8 Å². The third kappa shape index (κ3) is 4.54. The van der Waals surface area contributed by atoms with Crippen molar-refractivity contribution in [3.63, 3.8) is 0 Å². The highest BCUT2D eigenvalue weighted by Crippen LogP contribution is 2.10. The fraction of sp³-hybridized carbons (Fsp3) is 0.333. The molecule has 0 aliphatic rings. The average Bonchev–Trinajstić information content (AvgIpc) is 2.30. The average molecular weight is 255 g/mol. The SMILES string of the molecule is C[C@@H](N)C(=O)N[C@@H](C=O)Cc1ccc(Cl)cc1. The minimum atomic E-state index is -0.623. The van der Waals surface area contributed by atoms with E-state index in [1.165, 1.54) is 0 Å². The van der Waals surface area contributed by atoms with E-state index >= 15 is 0 Å². The van der Waals surface area contributed by atoms with Gasteiger partial charge in [0.2, 0.25) is 5.91 Å². The lowest BCUT2D eigenvalue weighted by atomic mass is 10.1. The lowest BCUT2D eigenvalue weighted by Gasteiger charge is -2.14. The first-order chi connectivity index (χ1) is 8.02. The van der Waals surface area contributed by atoms with Crippen molar-refractivity contribution in [3.8, 4) is 0 Å². The molecule has 1 amide bonds. The van der Waals surface area contributed by atoms with E-state index in [2.05, 4.69) is 5.32 Å². The van der Waals surface area contributed by atoms with Gasteiger partial charge in [-0.05, 0) is 31.0 Å². The van der Waals surface area contributed by atoms with Gasteiger partial charge in [0, 0.05) is 5.02 Å². The lowest BCUT2D eigenvalue weighted by Crippen LogP contribution is -2.45. The number of hydrogen-bond acceptors (Lipinski definition) is 3. The Morgan fingerprint density at radius 1 is 1.47 bits per heavy atom. The Labute approximate surface area is 105 Å². The molecule has 0 saturated carbocycles. The predicted molar refractivity (Wildman–Crippen MR) is 66.8 cm³/mol. The van der Waals surface area contributed by atoms with Crippen molar-refractivity contribution < 1.29 is 9.59 Å². The van der Waals surface area contributed by atoms with Crippen LogP contribution in [0.1, 0.15) is 12.5 Å². The van der Waals surface area contributed by atoms with Gasteiger partial charge in [-0.2, -0.15) is 0 Å². The maximum Gasteiger partial charge on any atom is 0.237 e. The van der Waals surface area contributed by atoms with Crippen LogP contribution in [-0.4, -0.2) is 24.3 Å². The van der Waals surface area contributed by atoms with Crippen LogP contribution in [0, 0.1) is 0 Å². The highest BCUT2D eigenvalue weighted by Gasteiger charge is 2.14. The topological polar surface area (TPSA) is 72.2 Å². The van der Waals surface area contributed by atoms with Gasteiger partial charge in [0.1, 0.15) is 6.29 Å². The van der Waals surface area contributed by atoms with Gasteiger partial charge in [0.05, 0.1) is 12.1 Å². The molecule has 1 rings (SSSR count). The summed E-state index contributed by atoms with van der Waals surface area (Å²) in [6.45, 7) is 1.57. The highest BCUT2D eigenvalue weighted by molar-refractivity contribution is 6.30. The van der Waals surface area contributed by atoms with Crippen molar-refractivity contribution in [2.75, 3.05) is 0 Å². The normalized spacial score (nSPS) is 13.8. The summed E-state index contributed by atoms with van der Waals surface area (Å²) in [7, 11) is 0. The van der Waals surface area contributed by atoms with Gasteiger partial charge in [-0.1, -0.05) is 23.7 Å². The Balaban J connectivity index is 2.61. The van der Waals surface area contributed by atoms with E-state index < -0.39 is 12.1 Å². The molecule has 2 atom stereocenters. The summed E-state index contributed by atoms with van der Waals surface area (Å²) in [5.41, 5.74) is 6.33. The zero-order valence-electron chi connectivity index (χ0n) is 9.52. The number of carbonyl (C=O) groups excluding carboxylic acids is 2. The summed E-state index contributed by atoms with van der Waals surface area (Å²) in [6.07, 6.45) is 1.13. The molecule has 3 N–H and O–H groups in total. The molecule has 0 aromatic heterocycles. The van der Waals surface area contributed by atoms with E-state index in [-0.39, 0.29) is 5.91 Å². The van der Waals surface area contributed by atoms with Gasteiger partial charge in [-0.15, -0.1) is 0 Å². The second kappa shape index (κ2) is 6.37. The molecule has 0 heterocycles. The minimum Gasteiger partial charge on any atom is -0.345 e. The second-order valence-electron chi connectivity index (χ2n) is 3.87. The third-order valence-electron chi connectivity index (χ3n) is 2.27. The molecule has 0 bridgehead atoms. The molecule has 5 heteroatoms. The fourth-order valence-electron chi connectivity index (χ4n) is 1.32. The molecule has 0 aliphatic heterocycles. The smallest absolute Gasteiger partial charge is 0.237 e. The van der Waals surface area contributed by atoms with E-state index in [0.29, 0.717) is 17.7 Å². The van der Waals surface area contributed by atoms with Crippen LogP contribution in [0.3, 0.4) is 0 Å². The lowest BCUT2D eigenvalue weighted by molar-refractivity contribution is -0.124. The minimum absolute atomic E-state index is 0.337. The Kier molecular flexibility index (Phi) is 5.12. The van der Waals surface area contributed by atoms with Gasteiger partial charge in [-0.3, -0.25) is 4.79 Å². The number of amides is 1. The van der Waals surface area contributed by atoms with Crippen molar-refractivity contribution in [1.29, 1.82) is 0 Å². The first-order valence-electron chi connectivity index (χ1n) is 5.28. The largest absolute Gasteiger partial charge is 0.345 e. The number of aldehydes is 1. The first-order valence-corrected chi connectivity index (χ1v) is 5.66. The van der Waals surface area contributed by atoms with Gasteiger partial charge < -0.3 is 15.8 Å². The molecule has 0 fully saturated rings. The van der Waals surface area contributed by atoms with E-state index in [4.69, 9.17) is 17.3 Å². The molecule has 1 aromatic carbocycles. The standard InChI is InChI=1S/C12H15ClN2O2/c1-8(14)12(17)15-11(7-16)6-9-2-4-10(13)5-3-9/h2-5,7-8,11H,6,14H2,1H3,(H,15,17)/t8-,11-/m1/s1. The molecule has 0 radical (unpaired) electrons. The molecule has 1 aromatic rings. The quantitative estimate of drug-likeness (QED) is 0.768. The van der Waals surface area contributed by atoms with Crippen LogP contribution in [0.2, 0.25) is 5.02 Å². The van der Waals surface area contributed by atoms with Crippen molar-refractivity contribution in [1.82, 2.24) is 5.32 Å². The summed E-state index contributed by atoms with van der Waals surface area (Å²) in [5.74, 6) is -0.337. The van der Waals surface area contributed by atoms with Crippen LogP contribution in [0.15, 0.2) is 24.3 Å². The van der Waals surface area contributed by atoms with Gasteiger partial charge in [0.15, 0.2) is 0 Å². The molecular formula is C12H15ClN2O2. The van der Waals surface area contributed by atoms with Crippen LogP contribution >= 0.6 is 11.6 Å². The highest BCUT2D eigenvalue weighted by atomic mass is 35.5. The molecule has 0 saturated heterocycles. The number of halogens is 1. The fourth-order valence-corrected chi connectivity index (χ4v) is 1.45. The Morgan fingerprint density at radius 2 is 2.06 bits per heavy atom. The van der Waals surface area contributed by atoms with Gasteiger partial charge in [0.25, 0.3) is 0 Å². The summed E-state index contributed by atoms with van der Waals surface area (Å²) in [6, 6.07) is 5.93. The molecule has 0 aliphatic carbocycles. The Hall–Kier alpha value is -1.39. The summed E-state index contributed by atoms with van der Waals surface area (Å²) in [5, 5.41) is 3.20. The van der Waals surface area contributed by atoms with Crippen LogP contribution < -0.4 is 11.1 Å². The van der Waals surface area contributed by atoms with Crippen molar-refractivity contribution in [2.24, 2.45) is 5.73 Å². The Morgan fingerprint density at radius 3 is 2.53 bits per heavy atom. The maximum atomic E-state index is 11.3. The van der Waals surface area contributed by atoms with Crippen molar-refractivity contribution in [2.45, 2.75) is 25.4 Å². The zero-order valence-corrected chi connectivity index (χ0v) is 10.3. The number of benzene rings is 1. The predicted octanol–water partition coefficient (Wildman–Crippen LogP) is 0.913. The summed E-state index contributed by atoms with van der Waals surface area (Å²) >= 11 is 5.75. The van der Waals surface area contributed by atoms with Crippen molar-refractivity contribution in [3.05, 3.63) is 34.9 Å². The van der Waals surface area contributed by atoms with Crippen LogP contribution in [0.5, 0.6) is 0 Å². The number of nitrogens with two attached hydrogens (primary N) is 1. The summed E-state index contributed by atoms with van der Waals surface area (Å²) in [4.78, 5) is 22.2. The zero-order chi connectivity index (χ0) is 12.8. The second-order valence-corrected chi connectivity index (χ2v) is 4.31. The first kappa shape index (κ1) is 13.7. The third-order valence-corrected chi connectivity index (χ3v) is 2.53. The van der Waals surface area contributed by atoms with Gasteiger partial charge in [-0.25, -0.2) is 0 Å². The van der Waals surface area contributed by atoms with E-state index in [1.807, 2.05) is 12.1 Å². The van der Waals surface area contributed by atoms with E-state index in [9.17, 15) is 9.59 Å². The number of nitrogens with one attached hydrogen (secondary N) is 1. The van der Waals surface area contributed by atoms with E-state index in [0.717, 1.165) is 5.56 Å². The monoisotopic (exact) mass is 254 g/mol. The maximum absolute atomic E-state index is 11.3.